The third-order valence-electron chi connectivity index (χ3n) is 4.10. The first kappa shape index (κ1) is 20.3. The summed E-state index contributed by atoms with van der Waals surface area (Å²) in [6.07, 6.45) is 0.338. The van der Waals surface area contributed by atoms with Gasteiger partial charge in [0.25, 0.3) is 0 Å². The van der Waals surface area contributed by atoms with Gasteiger partial charge < -0.3 is 29.6 Å². The van der Waals surface area contributed by atoms with Crippen molar-refractivity contribution in [2.24, 2.45) is 0 Å². The molecule has 2 amide bonds. The Bertz CT molecular complexity index is 812. The molecule has 2 aromatic rings. The van der Waals surface area contributed by atoms with Crippen LogP contribution in [0.3, 0.4) is 0 Å². The van der Waals surface area contributed by atoms with E-state index in [4.69, 9.17) is 18.9 Å². The van der Waals surface area contributed by atoms with E-state index in [-0.39, 0.29) is 19.3 Å². The van der Waals surface area contributed by atoms with Gasteiger partial charge in [-0.1, -0.05) is 30.3 Å². The van der Waals surface area contributed by atoms with Gasteiger partial charge in [0.1, 0.15) is 19.0 Å². The fourth-order valence-corrected chi connectivity index (χ4v) is 2.63. The Labute approximate surface area is 169 Å². The summed E-state index contributed by atoms with van der Waals surface area (Å²) in [7, 11) is 0. The van der Waals surface area contributed by atoms with E-state index in [0.717, 1.165) is 5.56 Å². The molecule has 0 saturated carbocycles. The molecular weight excluding hydrogens is 376 g/mol. The third-order valence-corrected chi connectivity index (χ3v) is 4.10. The molecule has 0 aliphatic carbocycles. The maximum Gasteiger partial charge on any atom is 0.407 e. The normalized spacial score (nSPS) is 11.6. The summed E-state index contributed by atoms with van der Waals surface area (Å²) in [5.41, 5.74) is 0.921. The minimum atomic E-state index is -0.494. The molecule has 29 heavy (non-hydrogen) atoms. The van der Waals surface area contributed by atoms with Gasteiger partial charge in [-0.25, -0.2) is 4.79 Å². The molecule has 1 heterocycles. The van der Waals surface area contributed by atoms with Gasteiger partial charge in [-0.3, -0.25) is 4.79 Å². The van der Waals surface area contributed by atoms with Crippen molar-refractivity contribution in [1.29, 1.82) is 0 Å². The van der Waals surface area contributed by atoms with Crippen LogP contribution in [0, 0.1) is 0 Å². The SMILES string of the molecule is O=C(CCCNC(=O)OCc1ccccc1)NCCOc1ccc2c(c1)OCO2. The van der Waals surface area contributed by atoms with E-state index in [0.29, 0.717) is 49.8 Å². The monoisotopic (exact) mass is 400 g/mol. The molecule has 154 valence electrons. The summed E-state index contributed by atoms with van der Waals surface area (Å²) < 4.78 is 21.2. The summed E-state index contributed by atoms with van der Waals surface area (Å²) in [6.45, 7) is 1.54. The summed E-state index contributed by atoms with van der Waals surface area (Å²) in [5, 5.41) is 5.41. The van der Waals surface area contributed by atoms with Crippen LogP contribution in [0.5, 0.6) is 17.2 Å². The second-order valence-electron chi connectivity index (χ2n) is 6.31. The number of hydrogen-bond acceptors (Lipinski definition) is 6. The van der Waals surface area contributed by atoms with E-state index in [2.05, 4.69) is 10.6 Å². The molecule has 8 nitrogen and oxygen atoms in total. The first-order valence-corrected chi connectivity index (χ1v) is 9.44. The highest BCUT2D eigenvalue weighted by Crippen LogP contribution is 2.34. The van der Waals surface area contributed by atoms with Gasteiger partial charge in [-0.2, -0.15) is 0 Å². The molecule has 0 bridgehead atoms. The van der Waals surface area contributed by atoms with Crippen molar-refractivity contribution < 1.29 is 28.5 Å². The number of ether oxygens (including phenoxy) is 4. The number of hydrogen-bond donors (Lipinski definition) is 2. The molecule has 8 heteroatoms. The lowest BCUT2D eigenvalue weighted by Gasteiger charge is -2.09. The van der Waals surface area contributed by atoms with Crippen molar-refractivity contribution in [3.8, 4) is 17.2 Å². The highest BCUT2D eigenvalue weighted by atomic mass is 16.7. The highest BCUT2D eigenvalue weighted by Gasteiger charge is 2.13. The number of fused-ring (bicyclic) bond motifs is 1. The van der Waals surface area contributed by atoms with Crippen molar-refractivity contribution in [2.45, 2.75) is 19.4 Å². The second kappa shape index (κ2) is 10.8. The molecule has 3 rings (SSSR count). The van der Waals surface area contributed by atoms with Gasteiger partial charge in [-0.15, -0.1) is 0 Å². The summed E-state index contributed by atoms with van der Waals surface area (Å²) in [4.78, 5) is 23.4. The van der Waals surface area contributed by atoms with Crippen molar-refractivity contribution in [1.82, 2.24) is 10.6 Å². The van der Waals surface area contributed by atoms with Gasteiger partial charge in [0.05, 0.1) is 6.54 Å². The Balaban J connectivity index is 1.20. The molecular formula is C21H24N2O6. The van der Waals surface area contributed by atoms with Crippen LogP contribution in [0.1, 0.15) is 18.4 Å². The smallest absolute Gasteiger partial charge is 0.407 e. The van der Waals surface area contributed by atoms with Gasteiger partial charge in [0.2, 0.25) is 12.7 Å². The third kappa shape index (κ3) is 6.91. The molecule has 0 atom stereocenters. The average Bonchev–Trinajstić information content (AvgIpc) is 3.21. The van der Waals surface area contributed by atoms with E-state index in [1.54, 1.807) is 18.2 Å². The lowest BCUT2D eigenvalue weighted by Crippen LogP contribution is -2.30. The number of benzene rings is 2. The fraction of sp³-hybridized carbons (Fsp3) is 0.333. The maximum atomic E-state index is 11.8. The van der Waals surface area contributed by atoms with Gasteiger partial charge >= 0.3 is 6.09 Å². The van der Waals surface area contributed by atoms with Crippen LogP contribution in [0.15, 0.2) is 48.5 Å². The van der Waals surface area contributed by atoms with Crippen LogP contribution >= 0.6 is 0 Å². The summed E-state index contributed by atoms with van der Waals surface area (Å²) in [6, 6.07) is 14.8. The van der Waals surface area contributed by atoms with Gasteiger partial charge in [0.15, 0.2) is 11.5 Å². The van der Waals surface area contributed by atoms with E-state index in [1.165, 1.54) is 0 Å². The van der Waals surface area contributed by atoms with Crippen LogP contribution in [-0.2, 0) is 16.1 Å². The molecule has 0 spiro atoms. The molecule has 0 unspecified atom stereocenters. The van der Waals surface area contributed by atoms with Crippen LogP contribution < -0.4 is 24.8 Å². The predicted octanol–water partition coefficient (Wildman–Crippen LogP) is 2.62. The average molecular weight is 400 g/mol. The Kier molecular flexibility index (Phi) is 7.56. The Hall–Kier alpha value is -3.42. The number of amides is 2. The number of carbonyl (C=O) groups excluding carboxylic acids is 2. The fourth-order valence-electron chi connectivity index (χ4n) is 2.63. The van der Waals surface area contributed by atoms with Crippen molar-refractivity contribution in [2.75, 3.05) is 26.5 Å². The molecule has 2 N–H and O–H groups in total. The van der Waals surface area contributed by atoms with Gasteiger partial charge in [-0.05, 0) is 24.1 Å². The largest absolute Gasteiger partial charge is 0.492 e. The first-order valence-electron chi connectivity index (χ1n) is 9.44. The quantitative estimate of drug-likeness (QED) is 0.596. The van der Waals surface area contributed by atoms with Crippen molar-refractivity contribution in [3.63, 3.8) is 0 Å². The minimum Gasteiger partial charge on any atom is -0.492 e. The second-order valence-corrected chi connectivity index (χ2v) is 6.31. The molecule has 0 fully saturated rings. The van der Waals surface area contributed by atoms with E-state index in [9.17, 15) is 9.59 Å². The summed E-state index contributed by atoms with van der Waals surface area (Å²) in [5.74, 6) is 1.91. The van der Waals surface area contributed by atoms with Crippen LogP contribution in [0.4, 0.5) is 4.79 Å². The number of carbonyl (C=O) groups is 2. The maximum absolute atomic E-state index is 11.8. The molecule has 1 aliphatic heterocycles. The number of rotatable bonds is 10. The minimum absolute atomic E-state index is 0.0984. The molecule has 1 aliphatic rings. The Morgan fingerprint density at radius 1 is 0.966 bits per heavy atom. The zero-order valence-electron chi connectivity index (χ0n) is 16.0. The molecule has 0 aromatic heterocycles. The van der Waals surface area contributed by atoms with Crippen molar-refractivity contribution in [3.05, 3.63) is 54.1 Å². The highest BCUT2D eigenvalue weighted by molar-refractivity contribution is 5.75. The van der Waals surface area contributed by atoms with Crippen LogP contribution in [0.25, 0.3) is 0 Å². The van der Waals surface area contributed by atoms with Crippen molar-refractivity contribution >= 4 is 12.0 Å². The molecule has 2 aromatic carbocycles. The summed E-state index contributed by atoms with van der Waals surface area (Å²) >= 11 is 0. The Morgan fingerprint density at radius 3 is 2.66 bits per heavy atom. The zero-order valence-corrected chi connectivity index (χ0v) is 16.0. The van der Waals surface area contributed by atoms with Crippen LogP contribution in [-0.4, -0.2) is 38.5 Å². The lowest BCUT2D eigenvalue weighted by atomic mass is 10.2. The zero-order chi connectivity index (χ0) is 20.3. The van der Waals surface area contributed by atoms with Crippen LogP contribution in [0.2, 0.25) is 0 Å². The number of alkyl carbamates (subject to hydrolysis) is 1. The Morgan fingerprint density at radius 2 is 1.79 bits per heavy atom. The van der Waals surface area contributed by atoms with E-state index < -0.39 is 6.09 Å². The standard InChI is InChI=1S/C21H24N2O6/c24-20(7-4-10-23-21(25)27-14-16-5-2-1-3-6-16)22-11-12-26-17-8-9-18-19(13-17)29-15-28-18/h1-3,5-6,8-9,13H,4,7,10-12,14-15H2,(H,22,24)(H,23,25). The van der Waals surface area contributed by atoms with E-state index >= 15 is 0 Å². The predicted molar refractivity (Wildman–Crippen MR) is 105 cm³/mol. The van der Waals surface area contributed by atoms with Gasteiger partial charge in [0, 0.05) is 19.0 Å². The first-order chi connectivity index (χ1) is 14.2. The van der Waals surface area contributed by atoms with E-state index in [1.807, 2.05) is 30.3 Å². The lowest BCUT2D eigenvalue weighted by molar-refractivity contribution is -0.121. The topological polar surface area (TPSA) is 95.1 Å². The molecule has 0 saturated heterocycles. The number of nitrogens with one attached hydrogen (secondary N) is 2. The molecule has 0 radical (unpaired) electrons.